The fourth-order valence-electron chi connectivity index (χ4n) is 2.22. The molecule has 0 radical (unpaired) electrons. The zero-order valence-corrected chi connectivity index (χ0v) is 8.72. The van der Waals surface area contributed by atoms with E-state index in [9.17, 15) is 0 Å². The highest BCUT2D eigenvalue weighted by atomic mass is 14.6. The molecular weight excluding hydrogens is 146 g/mol. The Kier molecular flexibility index (Phi) is 3.57. The molecule has 1 heteroatoms. The van der Waals surface area contributed by atoms with Crippen molar-refractivity contribution in [2.75, 3.05) is 0 Å². The zero-order chi connectivity index (χ0) is 9.14. The van der Waals surface area contributed by atoms with E-state index in [0.29, 0.717) is 6.04 Å². The molecule has 1 rings (SSSR count). The van der Waals surface area contributed by atoms with Gasteiger partial charge in [0.2, 0.25) is 0 Å². The second kappa shape index (κ2) is 4.27. The summed E-state index contributed by atoms with van der Waals surface area (Å²) >= 11 is 0. The Bertz CT molecular complexity index is 123. The smallest absolute Gasteiger partial charge is 0.00390 e. The van der Waals surface area contributed by atoms with Crippen LogP contribution in [0.25, 0.3) is 0 Å². The van der Waals surface area contributed by atoms with Crippen LogP contribution in [-0.4, -0.2) is 6.04 Å². The molecule has 12 heavy (non-hydrogen) atoms. The van der Waals surface area contributed by atoms with E-state index in [2.05, 4.69) is 20.8 Å². The minimum atomic E-state index is 0.501. The van der Waals surface area contributed by atoms with Gasteiger partial charge in [-0.05, 0) is 43.4 Å². The van der Waals surface area contributed by atoms with E-state index < -0.39 is 0 Å². The van der Waals surface area contributed by atoms with E-state index in [4.69, 9.17) is 5.73 Å². The zero-order valence-electron chi connectivity index (χ0n) is 8.72. The third-order valence-electron chi connectivity index (χ3n) is 3.61. The highest BCUT2D eigenvalue weighted by Gasteiger charge is 2.24. The molecule has 72 valence electrons. The summed E-state index contributed by atoms with van der Waals surface area (Å²) in [6.07, 6.45) is 5.23. The minimum Gasteiger partial charge on any atom is -0.328 e. The molecular formula is C11H23N. The molecule has 0 saturated heterocycles. The van der Waals surface area contributed by atoms with Gasteiger partial charge in [-0.3, -0.25) is 0 Å². The first-order valence-corrected chi connectivity index (χ1v) is 5.37. The van der Waals surface area contributed by atoms with E-state index in [1.807, 2.05) is 0 Å². The van der Waals surface area contributed by atoms with Crippen molar-refractivity contribution in [3.63, 3.8) is 0 Å². The molecule has 0 bridgehead atoms. The Labute approximate surface area is 76.7 Å². The average Bonchev–Trinajstić information content (AvgIpc) is 2.04. The van der Waals surface area contributed by atoms with Crippen molar-refractivity contribution >= 4 is 0 Å². The first-order valence-electron chi connectivity index (χ1n) is 5.37. The van der Waals surface area contributed by atoms with Gasteiger partial charge >= 0.3 is 0 Å². The van der Waals surface area contributed by atoms with Gasteiger partial charge < -0.3 is 5.73 Å². The summed E-state index contributed by atoms with van der Waals surface area (Å²) in [6, 6.07) is 0.501. The van der Waals surface area contributed by atoms with Crippen molar-refractivity contribution < 1.29 is 0 Å². The van der Waals surface area contributed by atoms with E-state index in [1.165, 1.54) is 25.7 Å². The van der Waals surface area contributed by atoms with E-state index >= 15 is 0 Å². The molecule has 1 nitrogen and oxygen atoms in total. The lowest BCUT2D eigenvalue weighted by molar-refractivity contribution is 0.202. The number of rotatable bonds is 2. The summed E-state index contributed by atoms with van der Waals surface area (Å²) in [4.78, 5) is 0. The van der Waals surface area contributed by atoms with E-state index in [1.54, 1.807) is 0 Å². The molecule has 1 unspecified atom stereocenters. The lowest BCUT2D eigenvalue weighted by Gasteiger charge is -2.32. The second-order valence-corrected chi connectivity index (χ2v) is 4.78. The molecule has 0 spiro atoms. The number of hydrogen-bond acceptors (Lipinski definition) is 1. The molecule has 0 aliphatic heterocycles. The van der Waals surface area contributed by atoms with Gasteiger partial charge in [-0.25, -0.2) is 0 Å². The third kappa shape index (κ3) is 2.48. The molecule has 1 atom stereocenters. The van der Waals surface area contributed by atoms with Crippen molar-refractivity contribution in [1.82, 2.24) is 0 Å². The van der Waals surface area contributed by atoms with Gasteiger partial charge in [0, 0.05) is 6.04 Å². The SMILES string of the molecule is CC(C)C(C)C1CCC(N)CC1. The molecule has 2 N–H and O–H groups in total. The van der Waals surface area contributed by atoms with Crippen molar-refractivity contribution in [3.8, 4) is 0 Å². The van der Waals surface area contributed by atoms with Crippen LogP contribution in [0.15, 0.2) is 0 Å². The maximum Gasteiger partial charge on any atom is 0.00390 e. The number of nitrogens with two attached hydrogens (primary N) is 1. The fraction of sp³-hybridized carbons (Fsp3) is 1.00. The van der Waals surface area contributed by atoms with Crippen LogP contribution < -0.4 is 5.73 Å². The molecule has 1 aliphatic carbocycles. The Morgan fingerprint density at radius 3 is 1.92 bits per heavy atom. The summed E-state index contributed by atoms with van der Waals surface area (Å²) < 4.78 is 0. The van der Waals surface area contributed by atoms with Gasteiger partial charge in [0.05, 0.1) is 0 Å². The standard InChI is InChI=1S/C11H23N/c1-8(2)9(3)10-4-6-11(12)7-5-10/h8-11H,4-7,12H2,1-3H3. The van der Waals surface area contributed by atoms with E-state index in [-0.39, 0.29) is 0 Å². The predicted octanol–water partition coefficient (Wildman–Crippen LogP) is 2.80. The molecule has 1 saturated carbocycles. The van der Waals surface area contributed by atoms with Crippen molar-refractivity contribution in [2.45, 2.75) is 52.5 Å². The highest BCUT2D eigenvalue weighted by molar-refractivity contribution is 4.78. The van der Waals surface area contributed by atoms with Gasteiger partial charge in [0.1, 0.15) is 0 Å². The lowest BCUT2D eigenvalue weighted by Crippen LogP contribution is -2.30. The summed E-state index contributed by atoms with van der Waals surface area (Å²) in [5.74, 6) is 2.67. The molecule has 0 aromatic carbocycles. The normalized spacial score (nSPS) is 33.8. The molecule has 0 heterocycles. The average molecular weight is 169 g/mol. The summed E-state index contributed by atoms with van der Waals surface area (Å²) in [5, 5.41) is 0. The highest BCUT2D eigenvalue weighted by Crippen LogP contribution is 2.32. The Morgan fingerprint density at radius 1 is 1.00 bits per heavy atom. The van der Waals surface area contributed by atoms with Crippen LogP contribution in [-0.2, 0) is 0 Å². The topological polar surface area (TPSA) is 26.0 Å². The van der Waals surface area contributed by atoms with Gasteiger partial charge in [-0.15, -0.1) is 0 Å². The molecule has 1 aliphatic rings. The summed E-state index contributed by atoms with van der Waals surface area (Å²) in [5.41, 5.74) is 5.87. The van der Waals surface area contributed by atoms with Crippen LogP contribution in [0.4, 0.5) is 0 Å². The largest absolute Gasteiger partial charge is 0.328 e. The minimum absolute atomic E-state index is 0.501. The van der Waals surface area contributed by atoms with Gasteiger partial charge in [0.15, 0.2) is 0 Å². The molecule has 1 fully saturated rings. The van der Waals surface area contributed by atoms with Crippen molar-refractivity contribution in [2.24, 2.45) is 23.5 Å². The predicted molar refractivity (Wildman–Crippen MR) is 53.9 cm³/mol. The van der Waals surface area contributed by atoms with Gasteiger partial charge in [-0.1, -0.05) is 20.8 Å². The maximum atomic E-state index is 5.87. The summed E-state index contributed by atoms with van der Waals surface area (Å²) in [6.45, 7) is 7.06. The van der Waals surface area contributed by atoms with Gasteiger partial charge in [0.25, 0.3) is 0 Å². The Balaban J connectivity index is 2.34. The molecule has 0 aromatic rings. The Hall–Kier alpha value is -0.0400. The van der Waals surface area contributed by atoms with Crippen LogP contribution >= 0.6 is 0 Å². The van der Waals surface area contributed by atoms with Crippen LogP contribution in [0, 0.1) is 17.8 Å². The maximum absolute atomic E-state index is 5.87. The van der Waals surface area contributed by atoms with Crippen molar-refractivity contribution in [3.05, 3.63) is 0 Å². The quantitative estimate of drug-likeness (QED) is 0.676. The first kappa shape index (κ1) is 10.0. The molecule has 0 amide bonds. The van der Waals surface area contributed by atoms with Crippen LogP contribution in [0.3, 0.4) is 0 Å². The third-order valence-corrected chi connectivity index (χ3v) is 3.61. The van der Waals surface area contributed by atoms with Crippen LogP contribution in [0.5, 0.6) is 0 Å². The van der Waals surface area contributed by atoms with Gasteiger partial charge in [-0.2, -0.15) is 0 Å². The number of hydrogen-bond donors (Lipinski definition) is 1. The van der Waals surface area contributed by atoms with E-state index in [0.717, 1.165) is 17.8 Å². The van der Waals surface area contributed by atoms with Crippen molar-refractivity contribution in [1.29, 1.82) is 0 Å². The van der Waals surface area contributed by atoms with Crippen LogP contribution in [0.1, 0.15) is 46.5 Å². The fourth-order valence-corrected chi connectivity index (χ4v) is 2.22. The summed E-state index contributed by atoms with van der Waals surface area (Å²) in [7, 11) is 0. The molecule has 0 aromatic heterocycles. The second-order valence-electron chi connectivity index (χ2n) is 4.78. The Morgan fingerprint density at radius 2 is 1.50 bits per heavy atom. The first-order chi connectivity index (χ1) is 5.61. The van der Waals surface area contributed by atoms with Crippen LogP contribution in [0.2, 0.25) is 0 Å². The monoisotopic (exact) mass is 169 g/mol. The lowest BCUT2D eigenvalue weighted by atomic mass is 9.75.